The second-order valence-electron chi connectivity index (χ2n) is 5.27. The van der Waals surface area contributed by atoms with Gasteiger partial charge in [0.25, 0.3) is 5.91 Å². The molecule has 1 spiro atoms. The molecule has 0 bridgehead atoms. The predicted molar refractivity (Wildman–Crippen MR) is 81.3 cm³/mol. The first kappa shape index (κ1) is 14.7. The largest absolute Gasteiger partial charge is 0.386 e. The van der Waals surface area contributed by atoms with Crippen LogP contribution in [-0.4, -0.2) is 45.5 Å². The molecule has 2 saturated heterocycles. The molecule has 0 radical (unpaired) electrons. The molecule has 2 aliphatic heterocycles. The summed E-state index contributed by atoms with van der Waals surface area (Å²) in [5.41, 5.74) is -0.261. The fraction of sp³-hybridized carbons (Fsp3) is 0.429. The third-order valence-electron chi connectivity index (χ3n) is 3.89. The fourth-order valence-corrected chi connectivity index (χ4v) is 4.28. The highest BCUT2D eigenvalue weighted by Crippen LogP contribution is 2.34. The Balaban J connectivity index is 1.77. The van der Waals surface area contributed by atoms with E-state index in [9.17, 15) is 14.7 Å². The number of hydrogen-bond acceptors (Lipinski definition) is 4. The number of aliphatic hydroxyl groups is 1. The number of imide groups is 1. The molecule has 0 aromatic heterocycles. The monoisotopic (exact) mass is 326 g/mol. The molecule has 1 aromatic carbocycles. The van der Waals surface area contributed by atoms with Gasteiger partial charge in [0, 0.05) is 16.3 Å². The van der Waals surface area contributed by atoms with E-state index < -0.39 is 17.7 Å². The number of aliphatic hydroxyl groups excluding tert-OH is 1. The SMILES string of the molecule is O=C1NC2(CCSC2)C(=O)N1CC(O)c1ccccc1Cl. The molecule has 2 unspecified atom stereocenters. The molecule has 2 aliphatic rings. The van der Waals surface area contributed by atoms with E-state index in [1.54, 1.807) is 36.0 Å². The van der Waals surface area contributed by atoms with E-state index in [4.69, 9.17) is 11.6 Å². The van der Waals surface area contributed by atoms with Gasteiger partial charge in [-0.2, -0.15) is 11.8 Å². The standard InChI is InChI=1S/C14H15ClN2O3S/c15-10-4-2-1-3-9(10)11(18)7-17-12(19)14(16-13(17)20)5-6-21-8-14/h1-4,11,18H,5-8H2,(H,16,20). The van der Waals surface area contributed by atoms with Crippen LogP contribution in [0.15, 0.2) is 24.3 Å². The second kappa shape index (κ2) is 5.51. The Morgan fingerprint density at radius 1 is 1.43 bits per heavy atom. The van der Waals surface area contributed by atoms with Crippen molar-refractivity contribution in [3.8, 4) is 0 Å². The van der Waals surface area contributed by atoms with Crippen LogP contribution >= 0.6 is 23.4 Å². The normalized spacial score (nSPS) is 26.5. The molecule has 0 aliphatic carbocycles. The summed E-state index contributed by atoms with van der Waals surface area (Å²) in [6.45, 7) is -0.0825. The number of rotatable bonds is 3. The van der Waals surface area contributed by atoms with Crippen LogP contribution < -0.4 is 5.32 Å². The lowest BCUT2D eigenvalue weighted by Gasteiger charge is -2.21. The van der Waals surface area contributed by atoms with E-state index in [1.807, 2.05) is 0 Å². The summed E-state index contributed by atoms with van der Waals surface area (Å²) in [7, 11) is 0. The lowest BCUT2D eigenvalue weighted by atomic mass is 9.99. The highest BCUT2D eigenvalue weighted by atomic mass is 35.5. The lowest BCUT2D eigenvalue weighted by molar-refractivity contribution is -0.131. The van der Waals surface area contributed by atoms with Crippen LogP contribution in [0.1, 0.15) is 18.1 Å². The van der Waals surface area contributed by atoms with Gasteiger partial charge in [-0.05, 0) is 18.2 Å². The number of halogens is 1. The quantitative estimate of drug-likeness (QED) is 0.831. The average Bonchev–Trinajstić information content (AvgIpc) is 3.01. The Bertz CT molecular complexity index is 589. The van der Waals surface area contributed by atoms with Crippen molar-refractivity contribution in [1.29, 1.82) is 0 Å². The van der Waals surface area contributed by atoms with E-state index in [-0.39, 0.29) is 12.5 Å². The van der Waals surface area contributed by atoms with E-state index in [0.717, 1.165) is 10.7 Å². The Morgan fingerprint density at radius 3 is 2.86 bits per heavy atom. The third-order valence-corrected chi connectivity index (χ3v) is 5.42. The number of carbonyl (C=O) groups excluding carboxylic acids is 2. The number of amides is 3. The summed E-state index contributed by atoms with van der Waals surface area (Å²) >= 11 is 7.68. The van der Waals surface area contributed by atoms with Crippen LogP contribution in [0.3, 0.4) is 0 Å². The summed E-state index contributed by atoms with van der Waals surface area (Å²) < 4.78 is 0. The van der Waals surface area contributed by atoms with Gasteiger partial charge < -0.3 is 10.4 Å². The van der Waals surface area contributed by atoms with Crippen molar-refractivity contribution in [2.24, 2.45) is 0 Å². The number of carbonyl (C=O) groups is 2. The minimum absolute atomic E-state index is 0.0825. The molecule has 1 aromatic rings. The highest BCUT2D eigenvalue weighted by molar-refractivity contribution is 7.99. The molecule has 7 heteroatoms. The van der Waals surface area contributed by atoms with Gasteiger partial charge in [-0.15, -0.1) is 0 Å². The number of hydrogen-bond donors (Lipinski definition) is 2. The number of thioether (sulfide) groups is 1. The summed E-state index contributed by atoms with van der Waals surface area (Å²) in [5.74, 6) is 1.20. The van der Waals surface area contributed by atoms with Crippen molar-refractivity contribution in [1.82, 2.24) is 10.2 Å². The zero-order chi connectivity index (χ0) is 15.0. The maximum absolute atomic E-state index is 12.5. The van der Waals surface area contributed by atoms with Gasteiger partial charge in [0.2, 0.25) is 0 Å². The van der Waals surface area contributed by atoms with E-state index >= 15 is 0 Å². The minimum Gasteiger partial charge on any atom is -0.386 e. The molecule has 5 nitrogen and oxygen atoms in total. The summed E-state index contributed by atoms with van der Waals surface area (Å²) in [6, 6.07) is 6.43. The second-order valence-corrected chi connectivity index (χ2v) is 6.78. The Hall–Kier alpha value is -1.24. The van der Waals surface area contributed by atoms with Crippen LogP contribution in [0.25, 0.3) is 0 Å². The third kappa shape index (κ3) is 2.52. The molecular weight excluding hydrogens is 312 g/mol. The minimum atomic E-state index is -0.988. The molecule has 0 saturated carbocycles. The lowest BCUT2D eigenvalue weighted by Crippen LogP contribution is -2.47. The summed E-state index contributed by atoms with van der Waals surface area (Å²) in [6.07, 6.45) is -0.349. The molecule has 3 rings (SSSR count). The first-order valence-corrected chi connectivity index (χ1v) is 8.21. The van der Waals surface area contributed by atoms with Crippen LogP contribution in [-0.2, 0) is 4.79 Å². The number of β-amino-alcohol motifs (C(OH)–C–C–N with tert-alkyl or cyclic N) is 1. The van der Waals surface area contributed by atoms with Gasteiger partial charge in [0.1, 0.15) is 5.54 Å². The van der Waals surface area contributed by atoms with E-state index in [2.05, 4.69) is 5.32 Å². The molecule has 21 heavy (non-hydrogen) atoms. The van der Waals surface area contributed by atoms with Gasteiger partial charge in [-0.25, -0.2) is 4.79 Å². The molecule has 3 amide bonds. The molecular formula is C14H15ClN2O3S. The highest BCUT2D eigenvalue weighted by Gasteiger charge is 2.53. The maximum Gasteiger partial charge on any atom is 0.325 e. The Morgan fingerprint density at radius 2 is 2.19 bits per heavy atom. The van der Waals surface area contributed by atoms with E-state index in [1.165, 1.54) is 0 Å². The van der Waals surface area contributed by atoms with Crippen molar-refractivity contribution < 1.29 is 14.7 Å². The molecule has 112 valence electrons. The van der Waals surface area contributed by atoms with Gasteiger partial charge in [-0.1, -0.05) is 29.8 Å². The Kier molecular flexibility index (Phi) is 3.86. The first-order valence-electron chi connectivity index (χ1n) is 6.68. The fourth-order valence-electron chi connectivity index (χ4n) is 2.69. The van der Waals surface area contributed by atoms with Crippen molar-refractivity contribution in [3.05, 3.63) is 34.9 Å². The zero-order valence-electron chi connectivity index (χ0n) is 11.2. The van der Waals surface area contributed by atoms with Gasteiger partial charge >= 0.3 is 6.03 Å². The number of benzene rings is 1. The number of nitrogens with zero attached hydrogens (tertiary/aromatic N) is 1. The first-order chi connectivity index (χ1) is 10.0. The van der Waals surface area contributed by atoms with Crippen molar-refractivity contribution in [2.45, 2.75) is 18.1 Å². The van der Waals surface area contributed by atoms with Crippen LogP contribution in [0.2, 0.25) is 5.02 Å². The topological polar surface area (TPSA) is 69.6 Å². The van der Waals surface area contributed by atoms with Crippen molar-refractivity contribution in [3.63, 3.8) is 0 Å². The number of urea groups is 1. The van der Waals surface area contributed by atoms with Crippen LogP contribution in [0.5, 0.6) is 0 Å². The van der Waals surface area contributed by atoms with Crippen molar-refractivity contribution in [2.75, 3.05) is 18.1 Å². The average molecular weight is 327 g/mol. The van der Waals surface area contributed by atoms with Crippen molar-refractivity contribution >= 4 is 35.3 Å². The van der Waals surface area contributed by atoms with Crippen LogP contribution in [0, 0.1) is 0 Å². The summed E-state index contributed by atoms with van der Waals surface area (Å²) in [5, 5.41) is 13.5. The molecule has 2 fully saturated rings. The zero-order valence-corrected chi connectivity index (χ0v) is 12.8. The molecule has 2 atom stereocenters. The predicted octanol–water partition coefficient (Wildman–Crippen LogP) is 1.80. The van der Waals surface area contributed by atoms with Gasteiger partial charge in [0.15, 0.2) is 0 Å². The summed E-state index contributed by atoms with van der Waals surface area (Å²) in [4.78, 5) is 25.6. The van der Waals surface area contributed by atoms with Gasteiger partial charge in [0.05, 0.1) is 12.6 Å². The maximum atomic E-state index is 12.5. The Labute approximate surface area is 131 Å². The molecule has 2 N–H and O–H groups in total. The van der Waals surface area contributed by atoms with E-state index in [0.29, 0.717) is 22.8 Å². The van der Waals surface area contributed by atoms with Gasteiger partial charge in [-0.3, -0.25) is 9.69 Å². The molecule has 2 heterocycles. The smallest absolute Gasteiger partial charge is 0.325 e. The number of nitrogens with one attached hydrogen (secondary N) is 1. The van der Waals surface area contributed by atoms with Crippen LogP contribution in [0.4, 0.5) is 4.79 Å².